The number of nitrogens with one attached hydrogen (secondary N) is 1. The van der Waals surface area contributed by atoms with Gasteiger partial charge in [-0.1, -0.05) is 54.7 Å². The maximum Gasteiger partial charge on any atom is 0.312 e. The summed E-state index contributed by atoms with van der Waals surface area (Å²) in [4.78, 5) is 18.9. The smallest absolute Gasteiger partial charge is 0.312 e. The number of unbranched alkanes of at least 4 members (excludes halogenated alkanes) is 1. The number of aliphatic carboxylic acids is 1. The summed E-state index contributed by atoms with van der Waals surface area (Å²) < 4.78 is 0. The van der Waals surface area contributed by atoms with E-state index in [9.17, 15) is 9.90 Å². The molecule has 0 aliphatic carbocycles. The number of H-pyrrole nitrogens is 1. The van der Waals surface area contributed by atoms with Gasteiger partial charge in [-0.25, -0.2) is 4.98 Å². The van der Waals surface area contributed by atoms with Gasteiger partial charge >= 0.3 is 5.97 Å². The van der Waals surface area contributed by atoms with E-state index in [2.05, 4.69) is 16.9 Å². The van der Waals surface area contributed by atoms with Crippen LogP contribution in [0.4, 0.5) is 0 Å². The lowest BCUT2D eigenvalue weighted by atomic mass is 9.96. The number of carboxylic acid groups (broad SMARTS) is 1. The topological polar surface area (TPSA) is 66.0 Å². The van der Waals surface area contributed by atoms with Gasteiger partial charge in [-0.05, 0) is 24.5 Å². The molecule has 118 valence electrons. The van der Waals surface area contributed by atoms with Crippen molar-refractivity contribution < 1.29 is 9.90 Å². The second kappa shape index (κ2) is 7.65. The molecule has 1 atom stereocenters. The standard InChI is InChI=1S/C16H18Cl2N2O2/c1-2-3-8-13-19-14(15(18)20-13)11(16(21)22)9-10-6-4-5-7-12(10)17/h4-7,11H,2-3,8-9H2,1H3,(H,19,20)(H,21,22). The second-order valence-corrected chi connectivity index (χ2v) is 5.94. The van der Waals surface area contributed by atoms with E-state index in [1.54, 1.807) is 6.07 Å². The summed E-state index contributed by atoms with van der Waals surface area (Å²) in [6.45, 7) is 2.09. The summed E-state index contributed by atoms with van der Waals surface area (Å²) >= 11 is 12.3. The number of aromatic amines is 1. The minimum Gasteiger partial charge on any atom is -0.481 e. The van der Waals surface area contributed by atoms with Gasteiger partial charge in [-0.15, -0.1) is 0 Å². The fourth-order valence-electron chi connectivity index (χ4n) is 2.30. The zero-order valence-corrected chi connectivity index (χ0v) is 13.8. The quantitative estimate of drug-likeness (QED) is 0.781. The molecular formula is C16H18Cl2N2O2. The van der Waals surface area contributed by atoms with Gasteiger partial charge in [0.2, 0.25) is 0 Å². The van der Waals surface area contributed by atoms with Crippen molar-refractivity contribution >= 4 is 29.2 Å². The van der Waals surface area contributed by atoms with Gasteiger partial charge in [0.15, 0.2) is 5.15 Å². The average Bonchev–Trinajstić information content (AvgIpc) is 2.84. The number of nitrogens with zero attached hydrogens (tertiary/aromatic N) is 1. The normalized spacial score (nSPS) is 12.3. The summed E-state index contributed by atoms with van der Waals surface area (Å²) in [6, 6.07) is 7.21. The molecule has 0 bridgehead atoms. The van der Waals surface area contributed by atoms with Crippen LogP contribution in [0, 0.1) is 0 Å². The first-order valence-electron chi connectivity index (χ1n) is 7.23. The highest BCUT2D eigenvalue weighted by atomic mass is 35.5. The van der Waals surface area contributed by atoms with Crippen LogP contribution in [0.3, 0.4) is 0 Å². The van der Waals surface area contributed by atoms with Crippen LogP contribution in [-0.2, 0) is 17.6 Å². The van der Waals surface area contributed by atoms with Crippen LogP contribution in [0.15, 0.2) is 24.3 Å². The molecule has 0 amide bonds. The Morgan fingerprint density at radius 2 is 2.09 bits per heavy atom. The Hall–Kier alpha value is -1.52. The van der Waals surface area contributed by atoms with Crippen LogP contribution in [-0.4, -0.2) is 21.0 Å². The average molecular weight is 341 g/mol. The van der Waals surface area contributed by atoms with Crippen molar-refractivity contribution in [1.29, 1.82) is 0 Å². The number of imidazole rings is 1. The Balaban J connectivity index is 2.27. The van der Waals surface area contributed by atoms with E-state index >= 15 is 0 Å². The minimum absolute atomic E-state index is 0.227. The fraction of sp³-hybridized carbons (Fsp3) is 0.375. The summed E-state index contributed by atoms with van der Waals surface area (Å²) in [5.74, 6) is -1.02. The van der Waals surface area contributed by atoms with Crippen LogP contribution in [0.2, 0.25) is 10.2 Å². The van der Waals surface area contributed by atoms with E-state index in [1.807, 2.05) is 18.2 Å². The number of halogens is 2. The molecule has 22 heavy (non-hydrogen) atoms. The first-order valence-corrected chi connectivity index (χ1v) is 7.99. The molecule has 0 saturated carbocycles. The van der Waals surface area contributed by atoms with Crippen molar-refractivity contribution in [3.8, 4) is 0 Å². The Morgan fingerprint density at radius 3 is 2.73 bits per heavy atom. The number of carboxylic acids is 1. The zero-order chi connectivity index (χ0) is 16.1. The van der Waals surface area contributed by atoms with Gasteiger partial charge in [-0.2, -0.15) is 0 Å². The van der Waals surface area contributed by atoms with Gasteiger partial charge in [0.25, 0.3) is 0 Å². The Bertz CT molecular complexity index is 655. The second-order valence-electron chi connectivity index (χ2n) is 5.18. The molecule has 1 aromatic heterocycles. The summed E-state index contributed by atoms with van der Waals surface area (Å²) in [5.41, 5.74) is 1.22. The van der Waals surface area contributed by atoms with Crippen LogP contribution in [0.25, 0.3) is 0 Å². The lowest BCUT2D eigenvalue weighted by molar-refractivity contribution is -0.138. The van der Waals surface area contributed by atoms with Crippen molar-refractivity contribution in [2.24, 2.45) is 0 Å². The van der Waals surface area contributed by atoms with Gasteiger partial charge in [0.05, 0.1) is 5.69 Å². The third-order valence-corrected chi connectivity index (χ3v) is 4.19. The number of aromatic nitrogens is 2. The molecule has 1 unspecified atom stereocenters. The van der Waals surface area contributed by atoms with E-state index in [1.165, 1.54) is 0 Å². The van der Waals surface area contributed by atoms with Gasteiger partial charge in [-0.3, -0.25) is 4.79 Å². The molecule has 0 aliphatic heterocycles. The first-order chi connectivity index (χ1) is 10.5. The van der Waals surface area contributed by atoms with E-state index in [4.69, 9.17) is 23.2 Å². The van der Waals surface area contributed by atoms with Crippen molar-refractivity contribution in [3.05, 3.63) is 51.5 Å². The zero-order valence-electron chi connectivity index (χ0n) is 12.3. The molecule has 0 spiro atoms. The molecule has 1 heterocycles. The first kappa shape index (κ1) is 16.8. The maximum absolute atomic E-state index is 11.6. The van der Waals surface area contributed by atoms with E-state index in [0.717, 1.165) is 30.7 Å². The number of hydrogen-bond donors (Lipinski definition) is 2. The number of aryl methyl sites for hydroxylation is 1. The largest absolute Gasteiger partial charge is 0.481 e. The highest BCUT2D eigenvalue weighted by molar-refractivity contribution is 6.31. The molecular weight excluding hydrogens is 323 g/mol. The van der Waals surface area contributed by atoms with E-state index in [0.29, 0.717) is 10.7 Å². The van der Waals surface area contributed by atoms with Crippen LogP contribution >= 0.6 is 23.2 Å². The maximum atomic E-state index is 11.6. The Kier molecular flexibility index (Phi) is 5.86. The summed E-state index contributed by atoms with van der Waals surface area (Å²) in [7, 11) is 0. The molecule has 4 nitrogen and oxygen atoms in total. The molecule has 1 aromatic carbocycles. The Labute approximate surface area is 139 Å². The number of hydrogen-bond acceptors (Lipinski definition) is 2. The highest BCUT2D eigenvalue weighted by Crippen LogP contribution is 2.29. The predicted molar refractivity (Wildman–Crippen MR) is 87.7 cm³/mol. The van der Waals surface area contributed by atoms with Crippen molar-refractivity contribution in [2.75, 3.05) is 0 Å². The third kappa shape index (κ3) is 4.02. The van der Waals surface area contributed by atoms with E-state index < -0.39 is 11.9 Å². The minimum atomic E-state index is -0.951. The molecule has 0 fully saturated rings. The highest BCUT2D eigenvalue weighted by Gasteiger charge is 2.26. The lowest BCUT2D eigenvalue weighted by Gasteiger charge is -2.12. The van der Waals surface area contributed by atoms with Crippen LogP contribution < -0.4 is 0 Å². The van der Waals surface area contributed by atoms with Crippen LogP contribution in [0.1, 0.15) is 42.8 Å². The van der Waals surface area contributed by atoms with Crippen LogP contribution in [0.5, 0.6) is 0 Å². The van der Waals surface area contributed by atoms with Crippen molar-refractivity contribution in [3.63, 3.8) is 0 Å². The van der Waals surface area contributed by atoms with Crippen molar-refractivity contribution in [1.82, 2.24) is 9.97 Å². The Morgan fingerprint density at radius 1 is 1.36 bits per heavy atom. The SMILES string of the molecule is CCCCc1nc(Cl)c(C(Cc2ccccc2Cl)C(=O)O)[nH]1. The third-order valence-electron chi connectivity index (χ3n) is 3.53. The molecule has 0 aliphatic rings. The fourth-order valence-corrected chi connectivity index (χ4v) is 2.80. The number of benzene rings is 1. The van der Waals surface area contributed by atoms with Gasteiger partial charge in [0, 0.05) is 11.4 Å². The van der Waals surface area contributed by atoms with Gasteiger partial charge < -0.3 is 10.1 Å². The monoisotopic (exact) mass is 340 g/mol. The molecule has 6 heteroatoms. The number of carbonyl (C=O) groups is 1. The molecule has 0 saturated heterocycles. The predicted octanol–water partition coefficient (Wildman–Crippen LogP) is 4.47. The summed E-state index contributed by atoms with van der Waals surface area (Å²) in [6.07, 6.45) is 3.04. The lowest BCUT2D eigenvalue weighted by Crippen LogP contribution is -2.15. The summed E-state index contributed by atoms with van der Waals surface area (Å²) in [5, 5.41) is 10.3. The van der Waals surface area contributed by atoms with Gasteiger partial charge in [0.1, 0.15) is 11.7 Å². The number of rotatable bonds is 7. The molecule has 0 radical (unpaired) electrons. The molecule has 2 rings (SSSR count). The molecule has 2 N–H and O–H groups in total. The van der Waals surface area contributed by atoms with E-state index in [-0.39, 0.29) is 11.6 Å². The van der Waals surface area contributed by atoms with Crippen molar-refractivity contribution in [2.45, 2.75) is 38.5 Å². The molecule has 2 aromatic rings.